The quantitative estimate of drug-likeness (QED) is 0.829. The molecule has 0 aromatic carbocycles. The van der Waals surface area contributed by atoms with Gasteiger partial charge in [0, 0.05) is 24.7 Å². The lowest BCUT2D eigenvalue weighted by Gasteiger charge is -2.44. The van der Waals surface area contributed by atoms with Crippen molar-refractivity contribution >= 4 is 0 Å². The van der Waals surface area contributed by atoms with Crippen LogP contribution in [0.2, 0.25) is 0 Å². The Balaban J connectivity index is 1.62. The van der Waals surface area contributed by atoms with E-state index in [4.69, 9.17) is 0 Å². The molecule has 0 spiro atoms. The zero-order valence-corrected chi connectivity index (χ0v) is 14.2. The summed E-state index contributed by atoms with van der Waals surface area (Å²) in [7, 11) is 0. The predicted molar refractivity (Wildman–Crippen MR) is 90.6 cm³/mol. The summed E-state index contributed by atoms with van der Waals surface area (Å²) in [6.07, 6.45) is 17.6. The second-order valence-corrected chi connectivity index (χ2v) is 8.03. The Kier molecular flexibility index (Phi) is 5.99. The lowest BCUT2D eigenvalue weighted by molar-refractivity contribution is 0.0556. The van der Waals surface area contributed by atoms with Crippen molar-refractivity contribution in [3.63, 3.8) is 0 Å². The van der Waals surface area contributed by atoms with Gasteiger partial charge in [0.05, 0.1) is 0 Å². The summed E-state index contributed by atoms with van der Waals surface area (Å²) in [5.41, 5.74) is 0. The van der Waals surface area contributed by atoms with Crippen molar-refractivity contribution in [2.24, 2.45) is 5.92 Å². The smallest absolute Gasteiger partial charge is 0.00983 e. The highest BCUT2D eigenvalue weighted by molar-refractivity contribution is 4.87. The van der Waals surface area contributed by atoms with E-state index >= 15 is 0 Å². The molecule has 2 saturated carbocycles. The molecular weight excluding hydrogens is 256 g/mol. The summed E-state index contributed by atoms with van der Waals surface area (Å²) in [5.74, 6) is 0.949. The van der Waals surface area contributed by atoms with E-state index in [2.05, 4.69) is 17.1 Å². The minimum Gasteiger partial charge on any atom is -0.314 e. The molecule has 2 atom stereocenters. The summed E-state index contributed by atoms with van der Waals surface area (Å²) in [6.45, 7) is 5.02. The van der Waals surface area contributed by atoms with Gasteiger partial charge < -0.3 is 5.32 Å². The maximum Gasteiger partial charge on any atom is 0.00983 e. The molecule has 1 heterocycles. The molecule has 2 unspecified atom stereocenters. The van der Waals surface area contributed by atoms with Crippen molar-refractivity contribution in [3.05, 3.63) is 0 Å². The summed E-state index contributed by atoms with van der Waals surface area (Å²) >= 11 is 0. The first-order valence-corrected chi connectivity index (χ1v) is 9.82. The maximum absolute atomic E-state index is 3.63. The molecule has 0 bridgehead atoms. The van der Waals surface area contributed by atoms with E-state index in [1.54, 1.807) is 0 Å². The maximum atomic E-state index is 3.63. The Morgan fingerprint density at radius 1 is 0.810 bits per heavy atom. The van der Waals surface area contributed by atoms with Gasteiger partial charge in [-0.1, -0.05) is 38.5 Å². The average Bonchev–Trinajstić information content (AvgIpc) is 2.54. The van der Waals surface area contributed by atoms with E-state index in [9.17, 15) is 0 Å². The fourth-order valence-corrected chi connectivity index (χ4v) is 5.12. The lowest BCUT2D eigenvalue weighted by Crippen LogP contribution is -2.49. The molecule has 0 radical (unpaired) electrons. The van der Waals surface area contributed by atoms with Crippen molar-refractivity contribution in [2.45, 2.75) is 102 Å². The van der Waals surface area contributed by atoms with Crippen LogP contribution in [0.4, 0.5) is 0 Å². The van der Waals surface area contributed by atoms with Crippen LogP contribution in [-0.4, -0.2) is 36.1 Å². The van der Waals surface area contributed by atoms with E-state index in [1.165, 1.54) is 90.1 Å². The SMILES string of the molecule is CC1CC(CN(C2CCCCC2)C2CCCCC2)CCN1. The Hall–Kier alpha value is -0.0800. The molecule has 1 aliphatic heterocycles. The summed E-state index contributed by atoms with van der Waals surface area (Å²) in [5, 5.41) is 3.63. The van der Waals surface area contributed by atoms with Gasteiger partial charge in [-0.15, -0.1) is 0 Å². The van der Waals surface area contributed by atoms with Gasteiger partial charge in [0.2, 0.25) is 0 Å². The first kappa shape index (κ1) is 15.8. The zero-order valence-electron chi connectivity index (χ0n) is 14.2. The minimum absolute atomic E-state index is 0.739. The van der Waals surface area contributed by atoms with Crippen molar-refractivity contribution < 1.29 is 0 Å². The fraction of sp³-hybridized carbons (Fsp3) is 1.00. The van der Waals surface area contributed by atoms with Gasteiger partial charge in [-0.2, -0.15) is 0 Å². The van der Waals surface area contributed by atoms with Crippen molar-refractivity contribution in [1.82, 2.24) is 10.2 Å². The third-order valence-electron chi connectivity index (χ3n) is 6.29. The Labute approximate surface area is 132 Å². The van der Waals surface area contributed by atoms with E-state index in [0.717, 1.165) is 24.0 Å². The van der Waals surface area contributed by atoms with Crippen LogP contribution in [0.5, 0.6) is 0 Å². The predicted octanol–water partition coefficient (Wildman–Crippen LogP) is 4.34. The molecule has 3 aliphatic rings. The molecular formula is C19H36N2. The van der Waals surface area contributed by atoms with Gasteiger partial charge in [0.1, 0.15) is 0 Å². The van der Waals surface area contributed by atoms with Gasteiger partial charge in [-0.05, 0) is 57.9 Å². The average molecular weight is 293 g/mol. The molecule has 2 aliphatic carbocycles. The minimum atomic E-state index is 0.739. The summed E-state index contributed by atoms with van der Waals surface area (Å²) < 4.78 is 0. The third kappa shape index (κ3) is 4.45. The normalized spacial score (nSPS) is 33.4. The molecule has 1 N–H and O–H groups in total. The number of nitrogens with one attached hydrogen (secondary N) is 1. The standard InChI is InChI=1S/C19H36N2/c1-16-14-17(12-13-20-16)15-21(18-8-4-2-5-9-18)19-10-6-3-7-11-19/h16-20H,2-15H2,1H3. The topological polar surface area (TPSA) is 15.3 Å². The van der Waals surface area contributed by atoms with E-state index in [1.807, 2.05) is 0 Å². The molecule has 3 fully saturated rings. The zero-order chi connectivity index (χ0) is 14.5. The molecule has 3 rings (SSSR count). The summed E-state index contributed by atoms with van der Waals surface area (Å²) in [6, 6.07) is 2.59. The van der Waals surface area contributed by atoms with Gasteiger partial charge in [0.15, 0.2) is 0 Å². The van der Waals surface area contributed by atoms with E-state index in [-0.39, 0.29) is 0 Å². The number of hydrogen-bond donors (Lipinski definition) is 1. The largest absolute Gasteiger partial charge is 0.314 e. The molecule has 21 heavy (non-hydrogen) atoms. The van der Waals surface area contributed by atoms with E-state index < -0.39 is 0 Å². The highest BCUT2D eigenvalue weighted by Crippen LogP contribution is 2.32. The van der Waals surface area contributed by atoms with Crippen molar-refractivity contribution in [2.75, 3.05) is 13.1 Å². The third-order valence-corrected chi connectivity index (χ3v) is 6.29. The molecule has 0 aromatic heterocycles. The van der Waals surface area contributed by atoms with Crippen LogP contribution in [0.1, 0.15) is 84.0 Å². The molecule has 122 valence electrons. The first-order chi connectivity index (χ1) is 10.3. The van der Waals surface area contributed by atoms with Crippen LogP contribution in [0.15, 0.2) is 0 Å². The van der Waals surface area contributed by atoms with Crippen LogP contribution in [0, 0.1) is 5.92 Å². The number of rotatable bonds is 4. The van der Waals surface area contributed by atoms with Gasteiger partial charge >= 0.3 is 0 Å². The van der Waals surface area contributed by atoms with Crippen LogP contribution in [0.3, 0.4) is 0 Å². The molecule has 0 amide bonds. The Morgan fingerprint density at radius 3 is 1.90 bits per heavy atom. The van der Waals surface area contributed by atoms with Gasteiger partial charge in [0.25, 0.3) is 0 Å². The second kappa shape index (κ2) is 7.97. The van der Waals surface area contributed by atoms with Gasteiger partial charge in [-0.3, -0.25) is 4.90 Å². The molecule has 2 nitrogen and oxygen atoms in total. The Morgan fingerprint density at radius 2 is 1.38 bits per heavy atom. The highest BCUT2D eigenvalue weighted by atomic mass is 15.2. The number of piperidine rings is 1. The number of nitrogens with zero attached hydrogens (tertiary/aromatic N) is 1. The lowest BCUT2D eigenvalue weighted by atomic mass is 9.86. The monoisotopic (exact) mass is 292 g/mol. The van der Waals surface area contributed by atoms with Gasteiger partial charge in [-0.25, -0.2) is 0 Å². The molecule has 2 heteroatoms. The van der Waals surface area contributed by atoms with Crippen LogP contribution >= 0.6 is 0 Å². The highest BCUT2D eigenvalue weighted by Gasteiger charge is 2.31. The molecule has 1 saturated heterocycles. The van der Waals surface area contributed by atoms with Crippen molar-refractivity contribution in [1.29, 1.82) is 0 Å². The van der Waals surface area contributed by atoms with Crippen molar-refractivity contribution in [3.8, 4) is 0 Å². The Bertz CT molecular complexity index is 274. The van der Waals surface area contributed by atoms with Crippen LogP contribution < -0.4 is 5.32 Å². The second-order valence-electron chi connectivity index (χ2n) is 8.03. The molecule has 0 aromatic rings. The van der Waals surface area contributed by atoms with E-state index in [0.29, 0.717) is 0 Å². The fourth-order valence-electron chi connectivity index (χ4n) is 5.12. The first-order valence-electron chi connectivity index (χ1n) is 9.82. The van der Waals surface area contributed by atoms with Crippen LogP contribution in [0.25, 0.3) is 0 Å². The summed E-state index contributed by atoms with van der Waals surface area (Å²) in [4.78, 5) is 3.01. The number of hydrogen-bond acceptors (Lipinski definition) is 2. The van der Waals surface area contributed by atoms with Crippen LogP contribution in [-0.2, 0) is 0 Å².